The smallest absolute Gasteiger partial charge is 0.330 e. The molecule has 0 saturated carbocycles. The average Bonchev–Trinajstić information content (AvgIpc) is 3.29. The molecule has 1 aromatic rings. The summed E-state index contributed by atoms with van der Waals surface area (Å²) in [5.74, 6) is -3.47. The van der Waals surface area contributed by atoms with Crippen LogP contribution in [0.2, 0.25) is 0 Å². The summed E-state index contributed by atoms with van der Waals surface area (Å²) >= 11 is 1.79. The number of nitrogens with zero attached hydrogens (tertiary/aromatic N) is 2. The van der Waals surface area contributed by atoms with Crippen LogP contribution >= 0.6 is 22.6 Å². The zero-order valence-electron chi connectivity index (χ0n) is 17.5. The summed E-state index contributed by atoms with van der Waals surface area (Å²) in [7, 11) is 0. The van der Waals surface area contributed by atoms with E-state index in [4.69, 9.17) is 4.84 Å². The number of anilines is 1. The van der Waals surface area contributed by atoms with Gasteiger partial charge in [0.05, 0.1) is 5.56 Å². The fraction of sp³-hybridized carbons (Fsp3) is 0.350. The Balaban J connectivity index is 0.000000273. The quantitative estimate of drug-likeness (QED) is 0.301. The first-order valence-corrected chi connectivity index (χ1v) is 11.3. The molecule has 3 rings (SSSR count). The highest BCUT2D eigenvalue weighted by atomic mass is 127. The van der Waals surface area contributed by atoms with E-state index < -0.39 is 35.6 Å². The first-order chi connectivity index (χ1) is 15.7. The second kappa shape index (κ2) is 12.0. The predicted octanol–water partition coefficient (Wildman–Crippen LogP) is 1.28. The van der Waals surface area contributed by atoms with Crippen molar-refractivity contribution in [2.45, 2.75) is 39.0 Å². The van der Waals surface area contributed by atoms with Gasteiger partial charge in [0.2, 0.25) is 5.91 Å². The maximum atomic E-state index is 11.8. The van der Waals surface area contributed by atoms with Crippen LogP contribution < -0.4 is 5.32 Å². The molecule has 0 atom stereocenters. The number of amides is 5. The van der Waals surface area contributed by atoms with Crippen LogP contribution in [0.5, 0.6) is 0 Å². The largest absolute Gasteiger partial charge is 0.363 e. The summed E-state index contributed by atoms with van der Waals surface area (Å²) in [4.78, 5) is 87.4. The summed E-state index contributed by atoms with van der Waals surface area (Å²) < 4.78 is 0.120. The number of hydrogen-bond donors (Lipinski definition) is 1. The number of carbonyl (C=O) groups excluding carboxylic acids is 7. The number of alkyl halides is 1. The molecule has 2 heterocycles. The monoisotopic (exact) mass is 573 g/mol. The fourth-order valence-corrected chi connectivity index (χ4v) is 2.66. The van der Waals surface area contributed by atoms with Gasteiger partial charge in [-0.1, -0.05) is 29.5 Å². The molecule has 2 aliphatic rings. The summed E-state index contributed by atoms with van der Waals surface area (Å²) in [5, 5.41) is 3.67. The molecule has 1 N–H and O–H groups in total. The highest BCUT2D eigenvalue weighted by Crippen LogP contribution is 2.16. The topological polar surface area (TPSA) is 156 Å². The van der Waals surface area contributed by atoms with Gasteiger partial charge in [0.25, 0.3) is 23.6 Å². The van der Waals surface area contributed by atoms with Crippen LogP contribution in [0.4, 0.5) is 5.69 Å². The molecule has 2 fully saturated rings. The molecule has 33 heavy (non-hydrogen) atoms. The zero-order chi connectivity index (χ0) is 24.5. The minimum Gasteiger partial charge on any atom is -0.330 e. The first kappa shape index (κ1) is 25.9. The number of nitrogens with one attached hydrogen (secondary N) is 1. The second-order valence-corrected chi connectivity index (χ2v) is 7.38. The lowest BCUT2D eigenvalue weighted by Crippen LogP contribution is -2.32. The highest BCUT2D eigenvalue weighted by molar-refractivity contribution is 14.1. The van der Waals surface area contributed by atoms with E-state index in [0.717, 1.165) is 0 Å². The van der Waals surface area contributed by atoms with Gasteiger partial charge in [-0.05, 0) is 24.3 Å². The molecule has 0 radical (unpaired) electrons. The summed E-state index contributed by atoms with van der Waals surface area (Å²) in [5.41, 5.74) is 0.726. The maximum absolute atomic E-state index is 11.8. The standard InChI is InChI=1S/C14H14N2O5.C6H6INO4/c1-2-11(17)15-10-5-3-9(4-6-10)14(20)21-16-12(18)7-8-13(16)19;7-3-6(11)12-8-4(9)1-2-5(8)10/h3-6H,2,7-8H2,1H3,(H,15,17);1-3H2. The molecule has 2 saturated heterocycles. The van der Waals surface area contributed by atoms with E-state index in [1.807, 2.05) is 0 Å². The normalized spacial score (nSPS) is 15.2. The SMILES string of the molecule is CCC(=O)Nc1ccc(C(=O)ON2C(=O)CCC2=O)cc1.O=C(CI)ON1C(=O)CCC1=O. The molecule has 0 spiro atoms. The van der Waals surface area contributed by atoms with Crippen LogP contribution in [0, 0.1) is 0 Å². The lowest BCUT2D eigenvalue weighted by atomic mass is 10.2. The van der Waals surface area contributed by atoms with Crippen molar-refractivity contribution < 1.29 is 43.2 Å². The van der Waals surface area contributed by atoms with Gasteiger partial charge in [-0.15, -0.1) is 10.1 Å². The number of benzene rings is 1. The number of hydrogen-bond acceptors (Lipinski definition) is 9. The third kappa shape index (κ3) is 7.34. The van der Waals surface area contributed by atoms with E-state index in [9.17, 15) is 33.6 Å². The molecule has 0 aromatic heterocycles. The van der Waals surface area contributed by atoms with Crippen LogP contribution in [0.25, 0.3) is 0 Å². The lowest BCUT2D eigenvalue weighted by Gasteiger charge is -2.12. The summed E-state index contributed by atoms with van der Waals surface area (Å²) in [6, 6.07) is 5.97. The van der Waals surface area contributed by atoms with Crippen LogP contribution in [0.15, 0.2) is 24.3 Å². The predicted molar refractivity (Wildman–Crippen MR) is 118 cm³/mol. The average molecular weight is 573 g/mol. The van der Waals surface area contributed by atoms with Gasteiger partial charge in [-0.3, -0.25) is 24.0 Å². The Morgan fingerprint density at radius 1 is 0.848 bits per heavy atom. The van der Waals surface area contributed by atoms with Crippen LogP contribution in [-0.4, -0.2) is 56.0 Å². The van der Waals surface area contributed by atoms with Crippen molar-refractivity contribution in [3.05, 3.63) is 29.8 Å². The summed E-state index contributed by atoms with van der Waals surface area (Å²) in [6.07, 6.45) is 0.714. The number of rotatable bonds is 6. The van der Waals surface area contributed by atoms with Crippen molar-refractivity contribution in [2.24, 2.45) is 0 Å². The molecule has 2 aliphatic heterocycles. The molecule has 1 aromatic carbocycles. The Hall–Kier alpha value is -3.36. The van der Waals surface area contributed by atoms with Gasteiger partial charge < -0.3 is 15.0 Å². The zero-order valence-corrected chi connectivity index (χ0v) is 19.7. The molecular formula is C20H20IN3O9. The Labute approximate surface area is 201 Å². The van der Waals surface area contributed by atoms with Gasteiger partial charge in [0.15, 0.2) is 0 Å². The third-order valence-electron chi connectivity index (χ3n) is 4.21. The van der Waals surface area contributed by atoms with E-state index in [0.29, 0.717) is 22.2 Å². The number of halogens is 1. The number of imide groups is 2. The van der Waals surface area contributed by atoms with Crippen molar-refractivity contribution in [3.8, 4) is 0 Å². The van der Waals surface area contributed by atoms with Crippen molar-refractivity contribution in [1.29, 1.82) is 0 Å². The van der Waals surface area contributed by atoms with Crippen molar-refractivity contribution in [3.63, 3.8) is 0 Å². The Kier molecular flexibility index (Phi) is 9.44. The number of carbonyl (C=O) groups is 7. The molecule has 0 bridgehead atoms. The molecule has 176 valence electrons. The van der Waals surface area contributed by atoms with Gasteiger partial charge in [-0.2, -0.15) is 0 Å². The van der Waals surface area contributed by atoms with E-state index in [2.05, 4.69) is 10.2 Å². The molecule has 12 nitrogen and oxygen atoms in total. The molecule has 5 amide bonds. The Morgan fingerprint density at radius 2 is 1.30 bits per heavy atom. The summed E-state index contributed by atoms with van der Waals surface area (Å²) in [6.45, 7) is 1.73. The lowest BCUT2D eigenvalue weighted by molar-refractivity contribution is -0.195. The van der Waals surface area contributed by atoms with E-state index in [1.54, 1.807) is 29.5 Å². The second-order valence-electron chi connectivity index (χ2n) is 6.62. The first-order valence-electron chi connectivity index (χ1n) is 9.76. The Bertz CT molecular complexity index is 945. The van der Waals surface area contributed by atoms with Crippen molar-refractivity contribution >= 4 is 69.8 Å². The molecule has 13 heteroatoms. The van der Waals surface area contributed by atoms with Gasteiger partial charge in [0.1, 0.15) is 4.43 Å². The van der Waals surface area contributed by atoms with Crippen molar-refractivity contribution in [2.75, 3.05) is 9.74 Å². The fourth-order valence-electron chi connectivity index (χ4n) is 2.52. The molecule has 0 unspecified atom stereocenters. The van der Waals surface area contributed by atoms with E-state index >= 15 is 0 Å². The van der Waals surface area contributed by atoms with Gasteiger partial charge in [-0.25, -0.2) is 9.59 Å². The van der Waals surface area contributed by atoms with Gasteiger partial charge >= 0.3 is 11.9 Å². The van der Waals surface area contributed by atoms with Crippen molar-refractivity contribution in [1.82, 2.24) is 10.1 Å². The van der Waals surface area contributed by atoms with Crippen LogP contribution in [0.3, 0.4) is 0 Å². The minimum atomic E-state index is -0.799. The molecular weight excluding hydrogens is 553 g/mol. The van der Waals surface area contributed by atoms with E-state index in [1.165, 1.54) is 24.3 Å². The third-order valence-corrected chi connectivity index (χ3v) is 4.84. The number of hydroxylamine groups is 4. The molecule has 0 aliphatic carbocycles. The van der Waals surface area contributed by atoms with Gasteiger partial charge in [0, 0.05) is 37.8 Å². The van der Waals surface area contributed by atoms with E-state index in [-0.39, 0.29) is 41.6 Å². The maximum Gasteiger partial charge on any atom is 0.363 e. The highest BCUT2D eigenvalue weighted by Gasteiger charge is 2.33. The van der Waals surface area contributed by atoms with Crippen LogP contribution in [0.1, 0.15) is 49.4 Å². The minimum absolute atomic E-state index is 0.0497. The Morgan fingerprint density at radius 3 is 1.73 bits per heavy atom. The van der Waals surface area contributed by atoms with Crippen LogP contribution in [-0.2, 0) is 38.4 Å².